The summed E-state index contributed by atoms with van der Waals surface area (Å²) in [4.78, 5) is 12.7. The number of hydrogen-bond donors (Lipinski definition) is 0. The molecule has 0 N–H and O–H groups in total. The molecule has 2 aliphatic rings. The first kappa shape index (κ1) is 12.7. The van der Waals surface area contributed by atoms with Crippen LogP contribution in [0, 0.1) is 5.92 Å². The van der Waals surface area contributed by atoms with Gasteiger partial charge in [0, 0.05) is 0 Å². The van der Waals surface area contributed by atoms with Crippen molar-refractivity contribution in [2.75, 3.05) is 6.61 Å². The molecule has 2 bridgehead atoms. The molecule has 3 atom stereocenters. The molecule has 0 aliphatic carbocycles. The van der Waals surface area contributed by atoms with Gasteiger partial charge in [0.1, 0.15) is 5.75 Å². The van der Waals surface area contributed by atoms with Gasteiger partial charge in [0.05, 0.1) is 30.3 Å². The molecule has 0 spiro atoms. The van der Waals surface area contributed by atoms with Crippen LogP contribution in [0.4, 0.5) is 0 Å². The van der Waals surface area contributed by atoms with Crippen LogP contribution in [0.3, 0.4) is 0 Å². The van der Waals surface area contributed by atoms with Crippen LogP contribution < -0.4 is 4.74 Å². The summed E-state index contributed by atoms with van der Waals surface area (Å²) in [5.74, 6) is 0.946. The van der Waals surface area contributed by atoms with E-state index in [4.69, 9.17) is 9.47 Å². The topological polar surface area (TPSA) is 35.5 Å². The summed E-state index contributed by atoms with van der Waals surface area (Å²) in [7, 11) is 0. The number of para-hydroxylation sites is 1. The SMILES string of the molecule is CCCOc1ccccc1C(=O)C1CC2CCC1O2. The Morgan fingerprint density at radius 1 is 1.37 bits per heavy atom. The normalized spacial score (nSPS) is 28.6. The van der Waals surface area contributed by atoms with Crippen molar-refractivity contribution >= 4 is 5.78 Å². The quantitative estimate of drug-likeness (QED) is 0.762. The highest BCUT2D eigenvalue weighted by Crippen LogP contribution is 2.41. The van der Waals surface area contributed by atoms with E-state index in [1.165, 1.54) is 0 Å². The molecule has 0 radical (unpaired) electrons. The third-order valence-electron chi connectivity index (χ3n) is 4.06. The summed E-state index contributed by atoms with van der Waals surface area (Å²) < 4.78 is 11.5. The molecule has 102 valence electrons. The number of ether oxygens (including phenoxy) is 2. The molecule has 1 aromatic carbocycles. The fourth-order valence-electron chi connectivity index (χ4n) is 3.12. The number of fused-ring (bicyclic) bond motifs is 2. The molecule has 2 fully saturated rings. The number of hydrogen-bond acceptors (Lipinski definition) is 3. The maximum atomic E-state index is 12.7. The summed E-state index contributed by atoms with van der Waals surface area (Å²) in [6.45, 7) is 2.71. The van der Waals surface area contributed by atoms with Crippen LogP contribution in [0.25, 0.3) is 0 Å². The number of ketones is 1. The first-order valence-electron chi connectivity index (χ1n) is 7.21. The Balaban J connectivity index is 1.79. The van der Waals surface area contributed by atoms with Crippen molar-refractivity contribution in [2.45, 2.75) is 44.8 Å². The minimum Gasteiger partial charge on any atom is -0.493 e. The molecule has 3 heteroatoms. The third-order valence-corrected chi connectivity index (χ3v) is 4.06. The predicted octanol–water partition coefficient (Wildman–Crippen LogP) is 3.23. The van der Waals surface area contributed by atoms with Crippen molar-refractivity contribution in [2.24, 2.45) is 5.92 Å². The van der Waals surface area contributed by atoms with E-state index in [2.05, 4.69) is 6.92 Å². The lowest BCUT2D eigenvalue weighted by atomic mass is 9.83. The van der Waals surface area contributed by atoms with Crippen molar-refractivity contribution in [1.82, 2.24) is 0 Å². The molecule has 0 amide bonds. The molecule has 2 aliphatic heterocycles. The average molecular weight is 260 g/mol. The second-order valence-electron chi connectivity index (χ2n) is 5.42. The molecular formula is C16H20O3. The zero-order chi connectivity index (χ0) is 13.2. The number of rotatable bonds is 5. The standard InChI is InChI=1S/C16H20O3/c1-2-9-18-14-6-4-3-5-12(14)16(17)13-10-11-7-8-15(13)19-11/h3-6,11,13,15H,2,7-10H2,1H3. The monoisotopic (exact) mass is 260 g/mol. The summed E-state index contributed by atoms with van der Waals surface area (Å²) in [6.07, 6.45) is 4.41. The summed E-state index contributed by atoms with van der Waals surface area (Å²) >= 11 is 0. The van der Waals surface area contributed by atoms with Crippen molar-refractivity contribution in [1.29, 1.82) is 0 Å². The number of Topliss-reactive ketones (excluding diaryl/α,β-unsaturated/α-hetero) is 1. The molecule has 3 nitrogen and oxygen atoms in total. The molecule has 3 unspecified atom stereocenters. The molecular weight excluding hydrogens is 240 g/mol. The van der Waals surface area contributed by atoms with Gasteiger partial charge in [-0.2, -0.15) is 0 Å². The minimum atomic E-state index is 0.0325. The Morgan fingerprint density at radius 3 is 2.89 bits per heavy atom. The van der Waals surface area contributed by atoms with Gasteiger partial charge in [-0.15, -0.1) is 0 Å². The lowest BCUT2D eigenvalue weighted by molar-refractivity contribution is 0.0740. The maximum Gasteiger partial charge on any atom is 0.172 e. The molecule has 2 heterocycles. The van der Waals surface area contributed by atoms with E-state index in [9.17, 15) is 4.79 Å². The lowest BCUT2D eigenvalue weighted by Crippen LogP contribution is -2.25. The highest BCUT2D eigenvalue weighted by Gasteiger charge is 2.44. The highest BCUT2D eigenvalue weighted by atomic mass is 16.5. The van der Waals surface area contributed by atoms with Crippen LogP contribution >= 0.6 is 0 Å². The van der Waals surface area contributed by atoms with E-state index in [0.717, 1.165) is 37.0 Å². The van der Waals surface area contributed by atoms with Crippen LogP contribution in [0.1, 0.15) is 43.0 Å². The van der Waals surface area contributed by atoms with Crippen LogP contribution in [-0.4, -0.2) is 24.6 Å². The molecule has 1 aromatic rings. The fraction of sp³-hybridized carbons (Fsp3) is 0.562. The van der Waals surface area contributed by atoms with E-state index < -0.39 is 0 Å². The average Bonchev–Trinajstić information content (AvgIpc) is 3.07. The minimum absolute atomic E-state index is 0.0325. The number of carbonyl (C=O) groups is 1. The Kier molecular flexibility index (Phi) is 3.56. The molecule has 19 heavy (non-hydrogen) atoms. The molecule has 2 saturated heterocycles. The van der Waals surface area contributed by atoms with E-state index in [-0.39, 0.29) is 17.8 Å². The highest BCUT2D eigenvalue weighted by molar-refractivity contribution is 6.00. The maximum absolute atomic E-state index is 12.7. The Morgan fingerprint density at radius 2 is 2.21 bits per heavy atom. The second-order valence-corrected chi connectivity index (χ2v) is 5.42. The third kappa shape index (κ3) is 2.39. The van der Waals surface area contributed by atoms with Crippen LogP contribution in [-0.2, 0) is 4.74 Å². The Hall–Kier alpha value is -1.35. The lowest BCUT2D eigenvalue weighted by Gasteiger charge is -2.19. The van der Waals surface area contributed by atoms with Gasteiger partial charge in [0.15, 0.2) is 5.78 Å². The molecule has 0 aromatic heterocycles. The van der Waals surface area contributed by atoms with Gasteiger partial charge in [-0.05, 0) is 37.8 Å². The van der Waals surface area contributed by atoms with Gasteiger partial charge in [-0.25, -0.2) is 0 Å². The van der Waals surface area contributed by atoms with Gasteiger partial charge in [0.25, 0.3) is 0 Å². The van der Waals surface area contributed by atoms with Crippen molar-refractivity contribution < 1.29 is 14.3 Å². The summed E-state index contributed by atoms with van der Waals surface area (Å²) in [6, 6.07) is 7.58. The predicted molar refractivity (Wildman–Crippen MR) is 72.6 cm³/mol. The van der Waals surface area contributed by atoms with Gasteiger partial charge < -0.3 is 9.47 Å². The van der Waals surface area contributed by atoms with E-state index in [1.54, 1.807) is 0 Å². The molecule has 3 rings (SSSR count). The first-order valence-corrected chi connectivity index (χ1v) is 7.21. The van der Waals surface area contributed by atoms with Crippen molar-refractivity contribution in [3.8, 4) is 5.75 Å². The molecule has 0 saturated carbocycles. The second kappa shape index (κ2) is 5.33. The van der Waals surface area contributed by atoms with Crippen LogP contribution in [0.2, 0.25) is 0 Å². The number of benzene rings is 1. The largest absolute Gasteiger partial charge is 0.493 e. The van der Waals surface area contributed by atoms with Crippen molar-refractivity contribution in [3.05, 3.63) is 29.8 Å². The Bertz CT molecular complexity index is 469. The van der Waals surface area contributed by atoms with E-state index in [1.807, 2.05) is 24.3 Å². The van der Waals surface area contributed by atoms with Crippen LogP contribution in [0.15, 0.2) is 24.3 Å². The van der Waals surface area contributed by atoms with Crippen molar-refractivity contribution in [3.63, 3.8) is 0 Å². The zero-order valence-corrected chi connectivity index (χ0v) is 11.3. The number of carbonyl (C=O) groups excluding carboxylic acids is 1. The zero-order valence-electron chi connectivity index (χ0n) is 11.3. The van der Waals surface area contributed by atoms with E-state index in [0.29, 0.717) is 12.7 Å². The first-order chi connectivity index (χ1) is 9.29. The van der Waals surface area contributed by atoms with Crippen LogP contribution in [0.5, 0.6) is 5.75 Å². The van der Waals surface area contributed by atoms with Gasteiger partial charge in [-0.3, -0.25) is 4.79 Å². The summed E-state index contributed by atoms with van der Waals surface area (Å²) in [5.41, 5.74) is 0.720. The van der Waals surface area contributed by atoms with Gasteiger partial charge in [-0.1, -0.05) is 19.1 Å². The smallest absolute Gasteiger partial charge is 0.172 e. The Labute approximate surface area is 113 Å². The van der Waals surface area contributed by atoms with Gasteiger partial charge in [0.2, 0.25) is 0 Å². The fourth-order valence-corrected chi connectivity index (χ4v) is 3.12. The summed E-state index contributed by atoms with van der Waals surface area (Å²) in [5, 5.41) is 0. The van der Waals surface area contributed by atoms with E-state index >= 15 is 0 Å². The van der Waals surface area contributed by atoms with Gasteiger partial charge >= 0.3 is 0 Å².